The predicted octanol–water partition coefficient (Wildman–Crippen LogP) is 0.0623. The van der Waals surface area contributed by atoms with Gasteiger partial charge >= 0.3 is 5.69 Å². The Morgan fingerprint density at radius 3 is 2.83 bits per heavy atom. The molecule has 10 heteroatoms. The number of halogens is 1. The highest BCUT2D eigenvalue weighted by atomic mass is 35.5. The highest BCUT2D eigenvalue weighted by Crippen LogP contribution is 2.11. The summed E-state index contributed by atoms with van der Waals surface area (Å²) < 4.78 is 0. The van der Waals surface area contributed by atoms with Crippen molar-refractivity contribution in [2.45, 2.75) is 13.0 Å². The number of hydrogen-bond acceptors (Lipinski definition) is 6. The molecule has 1 heterocycles. The van der Waals surface area contributed by atoms with Gasteiger partial charge in [0.15, 0.2) is 0 Å². The van der Waals surface area contributed by atoms with Crippen LogP contribution in [0.5, 0.6) is 0 Å². The molecule has 0 aliphatic rings. The van der Waals surface area contributed by atoms with Crippen LogP contribution in [0.2, 0.25) is 5.02 Å². The van der Waals surface area contributed by atoms with Gasteiger partial charge in [-0.1, -0.05) is 29.8 Å². The molecule has 0 saturated heterocycles. The second kappa shape index (κ2) is 7.36. The van der Waals surface area contributed by atoms with Crippen LogP contribution in [0.25, 0.3) is 0 Å². The van der Waals surface area contributed by atoms with Crippen molar-refractivity contribution in [3.05, 3.63) is 55.7 Å². The molecule has 1 aromatic carbocycles. The summed E-state index contributed by atoms with van der Waals surface area (Å²) in [6, 6.07) is 6.19. The van der Waals surface area contributed by atoms with Gasteiger partial charge in [0, 0.05) is 10.6 Å². The maximum atomic E-state index is 11.9. The predicted molar refractivity (Wildman–Crippen MR) is 85.8 cm³/mol. The molecular weight excluding hydrogens is 324 g/mol. The molecule has 1 atom stereocenters. The Kier molecular flexibility index (Phi) is 5.26. The Hall–Kier alpha value is -2.94. The summed E-state index contributed by atoms with van der Waals surface area (Å²) in [5.41, 5.74) is 1.49. The number of H-pyrrole nitrogens is 2. The number of amides is 1. The fourth-order valence-corrected chi connectivity index (χ4v) is 1.74. The number of carbonyl (C=O) groups excluding carboxylic acids is 1. The SMILES string of the molecule is CC(Nc1n[nH]c(=O)[nH]c1=O)C(=O)NN=Cc1ccccc1Cl. The van der Waals surface area contributed by atoms with Gasteiger partial charge in [0.05, 0.1) is 6.21 Å². The van der Waals surface area contributed by atoms with Crippen LogP contribution in [0.3, 0.4) is 0 Å². The first-order valence-corrected chi connectivity index (χ1v) is 6.88. The molecule has 0 fully saturated rings. The van der Waals surface area contributed by atoms with Crippen LogP contribution in [0.15, 0.2) is 39.0 Å². The molecule has 0 saturated carbocycles. The van der Waals surface area contributed by atoms with Gasteiger partial charge in [0.2, 0.25) is 5.82 Å². The number of aromatic nitrogens is 3. The quantitative estimate of drug-likeness (QED) is 0.453. The van der Waals surface area contributed by atoms with Crippen molar-refractivity contribution in [2.24, 2.45) is 5.10 Å². The first kappa shape index (κ1) is 16.4. The van der Waals surface area contributed by atoms with Crippen molar-refractivity contribution in [2.75, 3.05) is 5.32 Å². The minimum atomic E-state index is -0.808. The number of carbonyl (C=O) groups is 1. The zero-order chi connectivity index (χ0) is 16.8. The van der Waals surface area contributed by atoms with E-state index in [1.54, 1.807) is 24.3 Å². The fourth-order valence-electron chi connectivity index (χ4n) is 1.56. The van der Waals surface area contributed by atoms with Crippen molar-refractivity contribution in [1.29, 1.82) is 0 Å². The molecule has 2 rings (SSSR count). The molecule has 1 unspecified atom stereocenters. The van der Waals surface area contributed by atoms with E-state index >= 15 is 0 Å². The summed E-state index contributed by atoms with van der Waals surface area (Å²) in [4.78, 5) is 36.2. The lowest BCUT2D eigenvalue weighted by molar-refractivity contribution is -0.121. The zero-order valence-corrected chi connectivity index (χ0v) is 12.7. The number of aromatic amines is 2. The van der Waals surface area contributed by atoms with E-state index < -0.39 is 23.2 Å². The van der Waals surface area contributed by atoms with Crippen LogP contribution in [-0.4, -0.2) is 33.3 Å². The molecule has 1 amide bonds. The van der Waals surface area contributed by atoms with Crippen LogP contribution in [0, 0.1) is 0 Å². The second-order valence-electron chi connectivity index (χ2n) is 4.48. The lowest BCUT2D eigenvalue weighted by atomic mass is 10.2. The van der Waals surface area contributed by atoms with Crippen LogP contribution < -0.4 is 22.0 Å². The van der Waals surface area contributed by atoms with Crippen molar-refractivity contribution >= 4 is 29.5 Å². The van der Waals surface area contributed by atoms with E-state index in [0.29, 0.717) is 10.6 Å². The van der Waals surface area contributed by atoms with E-state index in [1.807, 2.05) is 4.98 Å². The Bertz CT molecular complexity index is 844. The van der Waals surface area contributed by atoms with Crippen LogP contribution in [0.1, 0.15) is 12.5 Å². The lowest BCUT2D eigenvalue weighted by Gasteiger charge is -2.11. The standard InChI is InChI=1S/C13H13ClN6O3/c1-7(16-10-12(22)17-13(23)20-18-10)11(21)19-15-6-8-4-2-3-5-9(8)14/h2-7H,1H3,(H,16,18)(H,19,21)(H2,17,20,22,23). The van der Waals surface area contributed by atoms with E-state index in [2.05, 4.69) is 26.0 Å². The van der Waals surface area contributed by atoms with Crippen LogP contribution in [0.4, 0.5) is 5.82 Å². The number of benzene rings is 1. The molecular formula is C13H13ClN6O3. The van der Waals surface area contributed by atoms with Crippen LogP contribution >= 0.6 is 11.6 Å². The molecule has 120 valence electrons. The largest absolute Gasteiger partial charge is 0.353 e. The van der Waals surface area contributed by atoms with Crippen LogP contribution in [-0.2, 0) is 4.79 Å². The third kappa shape index (κ3) is 4.51. The Balaban J connectivity index is 1.96. The summed E-state index contributed by atoms with van der Waals surface area (Å²) >= 11 is 5.95. The third-order valence-electron chi connectivity index (χ3n) is 2.74. The first-order chi connectivity index (χ1) is 11.0. The smallest absolute Gasteiger partial charge is 0.342 e. The average molecular weight is 337 g/mol. The average Bonchev–Trinajstić information content (AvgIpc) is 2.51. The van der Waals surface area contributed by atoms with Gasteiger partial charge in [0.1, 0.15) is 6.04 Å². The van der Waals surface area contributed by atoms with Gasteiger partial charge in [-0.15, -0.1) is 5.10 Å². The fraction of sp³-hybridized carbons (Fsp3) is 0.154. The van der Waals surface area contributed by atoms with Gasteiger partial charge in [-0.2, -0.15) is 5.10 Å². The van der Waals surface area contributed by atoms with Gasteiger partial charge in [-0.3, -0.25) is 14.6 Å². The second-order valence-corrected chi connectivity index (χ2v) is 4.88. The number of hydrazone groups is 1. The number of nitrogens with zero attached hydrogens (tertiary/aromatic N) is 2. The summed E-state index contributed by atoms with van der Waals surface area (Å²) in [6.45, 7) is 1.51. The molecule has 0 aliphatic heterocycles. The Morgan fingerprint density at radius 2 is 2.13 bits per heavy atom. The normalized spacial score (nSPS) is 12.1. The Morgan fingerprint density at radius 1 is 1.39 bits per heavy atom. The summed E-state index contributed by atoms with van der Waals surface area (Å²) in [5, 5.41) is 12.4. The minimum absolute atomic E-state index is 0.178. The van der Waals surface area contributed by atoms with E-state index in [-0.39, 0.29) is 5.82 Å². The van der Waals surface area contributed by atoms with E-state index in [4.69, 9.17) is 11.6 Å². The molecule has 1 aromatic heterocycles. The zero-order valence-electron chi connectivity index (χ0n) is 12.0. The molecule has 2 aromatic rings. The first-order valence-electron chi connectivity index (χ1n) is 6.50. The summed E-state index contributed by atoms with van der Waals surface area (Å²) in [5.74, 6) is -0.678. The Labute approximate surface area is 134 Å². The van der Waals surface area contributed by atoms with E-state index in [9.17, 15) is 14.4 Å². The number of nitrogens with one attached hydrogen (secondary N) is 4. The maximum absolute atomic E-state index is 11.9. The minimum Gasteiger partial charge on any atom is -0.353 e. The number of rotatable bonds is 5. The maximum Gasteiger partial charge on any atom is 0.342 e. The van der Waals surface area contributed by atoms with Gasteiger partial charge in [0.25, 0.3) is 11.5 Å². The third-order valence-corrected chi connectivity index (χ3v) is 3.09. The summed E-state index contributed by atoms with van der Waals surface area (Å²) in [7, 11) is 0. The highest BCUT2D eigenvalue weighted by Gasteiger charge is 2.14. The molecule has 4 N–H and O–H groups in total. The number of anilines is 1. The van der Waals surface area contributed by atoms with E-state index in [0.717, 1.165) is 0 Å². The lowest BCUT2D eigenvalue weighted by Crippen LogP contribution is -2.38. The summed E-state index contributed by atoms with van der Waals surface area (Å²) in [6.07, 6.45) is 1.40. The number of hydrogen-bond donors (Lipinski definition) is 4. The van der Waals surface area contributed by atoms with Crippen molar-refractivity contribution in [3.8, 4) is 0 Å². The van der Waals surface area contributed by atoms with Gasteiger partial charge in [-0.05, 0) is 13.0 Å². The van der Waals surface area contributed by atoms with Crippen molar-refractivity contribution in [1.82, 2.24) is 20.6 Å². The molecule has 0 bridgehead atoms. The van der Waals surface area contributed by atoms with Gasteiger partial charge in [-0.25, -0.2) is 15.3 Å². The van der Waals surface area contributed by atoms with Crippen molar-refractivity contribution in [3.63, 3.8) is 0 Å². The van der Waals surface area contributed by atoms with Gasteiger partial charge < -0.3 is 5.32 Å². The molecule has 23 heavy (non-hydrogen) atoms. The highest BCUT2D eigenvalue weighted by molar-refractivity contribution is 6.33. The van der Waals surface area contributed by atoms with E-state index in [1.165, 1.54) is 13.1 Å². The molecule has 0 radical (unpaired) electrons. The topological polar surface area (TPSA) is 132 Å². The molecule has 0 spiro atoms. The molecule has 0 aliphatic carbocycles. The van der Waals surface area contributed by atoms with Crippen molar-refractivity contribution < 1.29 is 4.79 Å². The monoisotopic (exact) mass is 336 g/mol. The molecule has 9 nitrogen and oxygen atoms in total.